The molecule has 5 nitrogen and oxygen atoms in total. The van der Waals surface area contributed by atoms with Crippen LogP contribution in [0.25, 0.3) is 0 Å². The van der Waals surface area contributed by atoms with Crippen molar-refractivity contribution in [3.05, 3.63) is 65.2 Å². The molecule has 0 aromatic heterocycles. The van der Waals surface area contributed by atoms with Gasteiger partial charge in [-0.05, 0) is 56.0 Å². The van der Waals surface area contributed by atoms with E-state index >= 15 is 0 Å². The van der Waals surface area contributed by atoms with E-state index in [2.05, 4.69) is 16.3 Å². The summed E-state index contributed by atoms with van der Waals surface area (Å²) in [4.78, 5) is 29.8. The predicted octanol–water partition coefficient (Wildman–Crippen LogP) is 4.82. The maximum Gasteiger partial charge on any atom is 0.256 e. The third-order valence-electron chi connectivity index (χ3n) is 6.80. The average molecular weight is 404 g/mol. The minimum absolute atomic E-state index is 0.115. The molecule has 2 heterocycles. The van der Waals surface area contributed by atoms with Gasteiger partial charge in [0.25, 0.3) is 11.8 Å². The van der Waals surface area contributed by atoms with Crippen molar-refractivity contribution < 1.29 is 9.59 Å². The Morgan fingerprint density at radius 3 is 2.30 bits per heavy atom. The van der Waals surface area contributed by atoms with Crippen LogP contribution in [0.15, 0.2) is 48.5 Å². The van der Waals surface area contributed by atoms with Crippen LogP contribution in [0.4, 0.5) is 5.69 Å². The highest BCUT2D eigenvalue weighted by molar-refractivity contribution is 6.00. The van der Waals surface area contributed by atoms with Gasteiger partial charge in [-0.25, -0.2) is 0 Å². The second kappa shape index (κ2) is 8.13. The molecule has 2 aromatic carbocycles. The number of fused-ring (bicyclic) bond motifs is 1. The first-order valence-corrected chi connectivity index (χ1v) is 11.3. The second-order valence-electron chi connectivity index (χ2n) is 8.72. The lowest BCUT2D eigenvalue weighted by atomic mass is 9.94. The highest BCUT2D eigenvalue weighted by Crippen LogP contribution is 2.39. The maximum absolute atomic E-state index is 13.2. The van der Waals surface area contributed by atoms with Gasteiger partial charge in [-0.2, -0.15) is 0 Å². The van der Waals surface area contributed by atoms with Crippen LogP contribution in [0, 0.1) is 0 Å². The fourth-order valence-electron chi connectivity index (χ4n) is 5.19. The van der Waals surface area contributed by atoms with Crippen LogP contribution in [0.5, 0.6) is 0 Å². The second-order valence-corrected chi connectivity index (χ2v) is 8.72. The lowest BCUT2D eigenvalue weighted by Gasteiger charge is -2.36. The molecule has 0 spiro atoms. The van der Waals surface area contributed by atoms with Crippen molar-refractivity contribution in [2.75, 3.05) is 18.4 Å². The van der Waals surface area contributed by atoms with Gasteiger partial charge >= 0.3 is 0 Å². The van der Waals surface area contributed by atoms with Gasteiger partial charge in [-0.15, -0.1) is 0 Å². The Hall–Kier alpha value is -2.82. The zero-order chi connectivity index (χ0) is 20.5. The number of carbonyl (C=O) groups is 2. The third kappa shape index (κ3) is 3.47. The SMILES string of the molecule is O=C(c1ccc(N[C@H]2c3ccccc3C(=O)N2C2CCCCC2)cc1)N1CCCC1. The van der Waals surface area contributed by atoms with Crippen LogP contribution in [0.3, 0.4) is 0 Å². The van der Waals surface area contributed by atoms with Gasteiger partial charge in [-0.3, -0.25) is 9.59 Å². The smallest absolute Gasteiger partial charge is 0.256 e. The molecule has 5 rings (SSSR count). The molecule has 2 amide bonds. The highest BCUT2D eigenvalue weighted by atomic mass is 16.2. The van der Waals surface area contributed by atoms with Crippen molar-refractivity contribution in [2.24, 2.45) is 0 Å². The van der Waals surface area contributed by atoms with E-state index in [9.17, 15) is 9.59 Å². The number of carbonyl (C=O) groups excluding carboxylic acids is 2. The lowest BCUT2D eigenvalue weighted by Crippen LogP contribution is -2.42. The summed E-state index contributed by atoms with van der Waals surface area (Å²) < 4.78 is 0. The quantitative estimate of drug-likeness (QED) is 0.796. The molecule has 2 aromatic rings. The van der Waals surface area contributed by atoms with E-state index in [4.69, 9.17) is 0 Å². The average Bonchev–Trinajstić information content (AvgIpc) is 3.42. The molecule has 30 heavy (non-hydrogen) atoms. The summed E-state index contributed by atoms with van der Waals surface area (Å²) in [6.07, 6.45) is 7.81. The number of rotatable bonds is 4. The third-order valence-corrected chi connectivity index (χ3v) is 6.80. The molecule has 1 saturated carbocycles. The van der Waals surface area contributed by atoms with Crippen LogP contribution in [0.1, 0.15) is 77.4 Å². The number of nitrogens with zero attached hydrogens (tertiary/aromatic N) is 2. The molecule has 2 fully saturated rings. The summed E-state index contributed by atoms with van der Waals surface area (Å²) in [6, 6.07) is 16.0. The summed E-state index contributed by atoms with van der Waals surface area (Å²) in [6.45, 7) is 1.71. The van der Waals surface area contributed by atoms with Gasteiger partial charge in [0.05, 0.1) is 0 Å². The predicted molar refractivity (Wildman–Crippen MR) is 117 cm³/mol. The Morgan fingerprint density at radius 2 is 1.57 bits per heavy atom. The van der Waals surface area contributed by atoms with Crippen molar-refractivity contribution in [1.82, 2.24) is 9.80 Å². The number of hydrogen-bond donors (Lipinski definition) is 1. The Labute approximate surface area is 178 Å². The molecular formula is C25H29N3O2. The number of benzene rings is 2. The molecule has 1 aliphatic carbocycles. The first kappa shape index (κ1) is 19.2. The number of hydrogen-bond acceptors (Lipinski definition) is 3. The molecule has 0 radical (unpaired) electrons. The molecule has 5 heteroatoms. The van der Waals surface area contributed by atoms with E-state index in [-0.39, 0.29) is 24.0 Å². The Morgan fingerprint density at radius 1 is 0.867 bits per heavy atom. The minimum atomic E-state index is -0.156. The monoisotopic (exact) mass is 403 g/mol. The van der Waals surface area contributed by atoms with Crippen molar-refractivity contribution in [3.63, 3.8) is 0 Å². The topological polar surface area (TPSA) is 52.7 Å². The van der Waals surface area contributed by atoms with Crippen molar-refractivity contribution >= 4 is 17.5 Å². The Kier molecular flexibility index (Phi) is 5.19. The Bertz CT molecular complexity index is 928. The molecule has 1 saturated heterocycles. The number of nitrogens with one attached hydrogen (secondary N) is 1. The summed E-state index contributed by atoms with van der Waals surface area (Å²) >= 11 is 0. The fraction of sp³-hybridized carbons (Fsp3) is 0.440. The summed E-state index contributed by atoms with van der Waals surface area (Å²) in [5.41, 5.74) is 3.52. The van der Waals surface area contributed by atoms with Crippen molar-refractivity contribution in [3.8, 4) is 0 Å². The van der Waals surface area contributed by atoms with Gasteiger partial charge < -0.3 is 15.1 Å². The molecule has 1 atom stereocenters. The van der Waals surface area contributed by atoms with Crippen molar-refractivity contribution in [2.45, 2.75) is 57.2 Å². The molecule has 3 aliphatic rings. The van der Waals surface area contributed by atoms with E-state index < -0.39 is 0 Å². The summed E-state index contributed by atoms with van der Waals surface area (Å²) in [5.74, 6) is 0.250. The standard InChI is InChI=1S/C25H29N3O2/c29-24(27-16-6-7-17-27)18-12-14-19(15-13-18)26-23-21-10-4-5-11-22(21)25(30)28(23)20-8-2-1-3-9-20/h4-5,10-15,20,23,26H,1-3,6-9,16-17H2/t23-/m1/s1. The number of likely N-dealkylation sites (tertiary alicyclic amines) is 1. The van der Waals surface area contributed by atoms with Crippen molar-refractivity contribution in [1.29, 1.82) is 0 Å². The van der Waals surface area contributed by atoms with E-state index in [1.54, 1.807) is 0 Å². The van der Waals surface area contributed by atoms with Gasteiger partial charge in [-0.1, -0.05) is 37.5 Å². The first-order chi connectivity index (χ1) is 14.7. The molecule has 1 N–H and O–H groups in total. The maximum atomic E-state index is 13.2. The normalized spacial score (nSPS) is 21.7. The summed E-state index contributed by atoms with van der Waals surface area (Å²) in [7, 11) is 0. The highest BCUT2D eigenvalue weighted by Gasteiger charge is 2.40. The minimum Gasteiger partial charge on any atom is -0.361 e. The van der Waals surface area contributed by atoms with E-state index in [1.165, 1.54) is 19.3 Å². The molecule has 0 bridgehead atoms. The van der Waals surface area contributed by atoms with Gasteiger partial charge in [0.2, 0.25) is 0 Å². The first-order valence-electron chi connectivity index (χ1n) is 11.3. The molecular weight excluding hydrogens is 374 g/mol. The van der Waals surface area contributed by atoms with E-state index in [0.717, 1.165) is 61.2 Å². The van der Waals surface area contributed by atoms with Crippen LogP contribution in [0.2, 0.25) is 0 Å². The van der Waals surface area contributed by atoms with Gasteiger partial charge in [0, 0.05) is 41.5 Å². The van der Waals surface area contributed by atoms with Crippen LogP contribution >= 0.6 is 0 Å². The molecule has 156 valence electrons. The van der Waals surface area contributed by atoms with Gasteiger partial charge in [0.1, 0.15) is 6.17 Å². The molecule has 2 aliphatic heterocycles. The zero-order valence-electron chi connectivity index (χ0n) is 17.3. The lowest BCUT2D eigenvalue weighted by molar-refractivity contribution is 0.0600. The van der Waals surface area contributed by atoms with Crippen LogP contribution in [-0.2, 0) is 0 Å². The number of anilines is 1. The van der Waals surface area contributed by atoms with E-state index in [0.29, 0.717) is 0 Å². The zero-order valence-corrected chi connectivity index (χ0v) is 17.3. The van der Waals surface area contributed by atoms with E-state index in [1.807, 2.05) is 47.4 Å². The Balaban J connectivity index is 1.38. The fourth-order valence-corrected chi connectivity index (χ4v) is 5.19. The van der Waals surface area contributed by atoms with Crippen LogP contribution in [-0.4, -0.2) is 40.7 Å². The van der Waals surface area contributed by atoms with Gasteiger partial charge in [0.15, 0.2) is 0 Å². The van der Waals surface area contributed by atoms with Crippen LogP contribution < -0.4 is 5.32 Å². The largest absolute Gasteiger partial charge is 0.361 e. The molecule has 0 unspecified atom stereocenters. The summed E-state index contributed by atoms with van der Waals surface area (Å²) in [5, 5.41) is 3.59. The number of amides is 2.